The van der Waals surface area contributed by atoms with Crippen molar-refractivity contribution in [2.45, 2.75) is 23.7 Å². The van der Waals surface area contributed by atoms with Crippen LogP contribution in [0.1, 0.15) is 13.3 Å². The van der Waals surface area contributed by atoms with Crippen molar-refractivity contribution in [3.63, 3.8) is 0 Å². The summed E-state index contributed by atoms with van der Waals surface area (Å²) in [7, 11) is -2.32. The Labute approximate surface area is 183 Å². The number of ether oxygens (including phenoxy) is 1. The molecule has 1 aromatic heterocycles. The van der Waals surface area contributed by atoms with Crippen LogP contribution in [-0.4, -0.2) is 49.7 Å². The molecule has 1 amide bonds. The molecule has 12 heteroatoms. The summed E-state index contributed by atoms with van der Waals surface area (Å²) >= 11 is 8.80. The number of nitrogens with one attached hydrogen (secondary N) is 1. The average Bonchev–Trinajstić information content (AvgIpc) is 3.10. The lowest BCUT2D eigenvalue weighted by Gasteiger charge is -2.30. The van der Waals surface area contributed by atoms with E-state index in [0.29, 0.717) is 21.0 Å². The first-order valence-corrected chi connectivity index (χ1v) is 12.4. The van der Waals surface area contributed by atoms with Gasteiger partial charge in [0.05, 0.1) is 24.1 Å². The topological polar surface area (TPSA) is 101 Å². The molecule has 2 rings (SSSR count). The van der Waals surface area contributed by atoms with Crippen molar-refractivity contribution in [2.75, 3.05) is 28.7 Å². The highest BCUT2D eigenvalue weighted by atomic mass is 35.5. The zero-order valence-corrected chi connectivity index (χ0v) is 19.3. The van der Waals surface area contributed by atoms with Crippen molar-refractivity contribution in [1.82, 2.24) is 10.2 Å². The third-order valence-electron chi connectivity index (χ3n) is 3.68. The van der Waals surface area contributed by atoms with Crippen LogP contribution in [0.5, 0.6) is 5.75 Å². The number of sulfonamides is 1. The summed E-state index contributed by atoms with van der Waals surface area (Å²) in [6.45, 7) is 5.36. The zero-order chi connectivity index (χ0) is 21.6. The number of anilines is 2. The molecule has 0 radical (unpaired) electrons. The molecule has 0 unspecified atom stereocenters. The standard InChI is InChI=1S/C17H21ClN4O4S3/c1-5-9-27-17-21-20-16(28-17)19-15(23)13(6-2)22(29(4,24)25)11-7-8-14(26-3)12(18)10-11/h5,7-8,10,13H,1,6,9H2,2-4H3,(H,19,20,23)/t13-/m1/s1. The third-order valence-corrected chi connectivity index (χ3v) is 7.12. The minimum atomic E-state index is -3.78. The molecule has 0 bridgehead atoms. The number of nitrogens with zero attached hydrogens (tertiary/aromatic N) is 3. The number of benzene rings is 1. The van der Waals surface area contributed by atoms with Crippen LogP contribution in [-0.2, 0) is 14.8 Å². The van der Waals surface area contributed by atoms with Gasteiger partial charge in [0.25, 0.3) is 0 Å². The van der Waals surface area contributed by atoms with Crippen LogP contribution in [0.3, 0.4) is 0 Å². The molecule has 1 N–H and O–H groups in total. The van der Waals surface area contributed by atoms with Gasteiger partial charge in [0, 0.05) is 5.75 Å². The van der Waals surface area contributed by atoms with Gasteiger partial charge in [0.1, 0.15) is 11.8 Å². The Kier molecular flexibility index (Phi) is 8.32. The van der Waals surface area contributed by atoms with Gasteiger partial charge in [-0.25, -0.2) is 8.42 Å². The van der Waals surface area contributed by atoms with E-state index in [1.807, 2.05) is 0 Å². The highest BCUT2D eigenvalue weighted by Gasteiger charge is 2.32. The molecule has 158 valence electrons. The van der Waals surface area contributed by atoms with Crippen LogP contribution >= 0.6 is 34.7 Å². The second kappa shape index (κ2) is 10.3. The first kappa shape index (κ1) is 23.5. The quantitative estimate of drug-likeness (QED) is 0.317. The van der Waals surface area contributed by atoms with Crippen LogP contribution in [0, 0.1) is 0 Å². The number of aromatic nitrogens is 2. The van der Waals surface area contributed by atoms with Gasteiger partial charge in [-0.2, -0.15) is 0 Å². The molecule has 0 spiro atoms. The summed E-state index contributed by atoms with van der Waals surface area (Å²) in [6, 6.07) is 3.54. The highest BCUT2D eigenvalue weighted by Crippen LogP contribution is 2.32. The molecule has 2 aromatic rings. The maximum atomic E-state index is 12.9. The van der Waals surface area contributed by atoms with E-state index >= 15 is 0 Å². The second-order valence-electron chi connectivity index (χ2n) is 5.76. The van der Waals surface area contributed by atoms with Crippen molar-refractivity contribution in [3.8, 4) is 5.75 Å². The van der Waals surface area contributed by atoms with Crippen molar-refractivity contribution in [1.29, 1.82) is 0 Å². The number of methoxy groups -OCH3 is 1. The summed E-state index contributed by atoms with van der Waals surface area (Å²) in [5, 5.41) is 11.1. The van der Waals surface area contributed by atoms with E-state index in [-0.39, 0.29) is 17.1 Å². The number of carbonyl (C=O) groups excluding carboxylic acids is 1. The van der Waals surface area contributed by atoms with Gasteiger partial charge in [0.2, 0.25) is 21.1 Å². The predicted molar refractivity (Wildman–Crippen MR) is 119 cm³/mol. The van der Waals surface area contributed by atoms with E-state index in [1.54, 1.807) is 19.1 Å². The number of rotatable bonds is 10. The summed E-state index contributed by atoms with van der Waals surface area (Å²) in [5.74, 6) is 0.557. The van der Waals surface area contributed by atoms with Gasteiger partial charge < -0.3 is 4.74 Å². The molecule has 0 aliphatic carbocycles. The molecule has 0 saturated heterocycles. The SMILES string of the molecule is C=CCSc1nnc(NC(=O)[C@@H](CC)N(c2ccc(OC)c(Cl)c2)S(C)(=O)=O)s1. The lowest BCUT2D eigenvalue weighted by Crippen LogP contribution is -2.47. The van der Waals surface area contributed by atoms with Crippen molar-refractivity contribution >= 4 is 61.4 Å². The normalized spacial score (nSPS) is 12.3. The summed E-state index contributed by atoms with van der Waals surface area (Å²) in [4.78, 5) is 12.9. The Morgan fingerprint density at radius 3 is 2.76 bits per heavy atom. The van der Waals surface area contributed by atoms with Gasteiger partial charge in [-0.05, 0) is 24.6 Å². The van der Waals surface area contributed by atoms with Gasteiger partial charge >= 0.3 is 0 Å². The fourth-order valence-electron chi connectivity index (χ4n) is 2.49. The van der Waals surface area contributed by atoms with Gasteiger partial charge in [-0.15, -0.1) is 16.8 Å². The van der Waals surface area contributed by atoms with E-state index in [0.717, 1.165) is 10.6 Å². The number of carbonyl (C=O) groups is 1. The predicted octanol–water partition coefficient (Wildman–Crippen LogP) is 3.66. The molecule has 1 heterocycles. The van der Waals surface area contributed by atoms with E-state index in [4.69, 9.17) is 16.3 Å². The van der Waals surface area contributed by atoms with Crippen LogP contribution in [0.15, 0.2) is 35.2 Å². The molecular weight excluding hydrogens is 456 g/mol. The van der Waals surface area contributed by atoms with E-state index < -0.39 is 22.0 Å². The van der Waals surface area contributed by atoms with Crippen LogP contribution in [0.2, 0.25) is 5.02 Å². The Morgan fingerprint density at radius 1 is 1.48 bits per heavy atom. The summed E-state index contributed by atoms with van der Waals surface area (Å²) in [5.41, 5.74) is 0.264. The van der Waals surface area contributed by atoms with Gasteiger partial charge in [0.15, 0.2) is 4.34 Å². The van der Waals surface area contributed by atoms with E-state index in [2.05, 4.69) is 22.1 Å². The Balaban J connectivity index is 2.31. The Morgan fingerprint density at radius 2 is 2.21 bits per heavy atom. The maximum absolute atomic E-state index is 12.9. The number of thioether (sulfide) groups is 1. The fourth-order valence-corrected chi connectivity index (χ4v) is 5.46. The number of hydrogen-bond acceptors (Lipinski definition) is 8. The van der Waals surface area contributed by atoms with Crippen LogP contribution in [0.4, 0.5) is 10.8 Å². The van der Waals surface area contributed by atoms with E-state index in [1.165, 1.54) is 42.3 Å². The first-order chi connectivity index (χ1) is 13.7. The Bertz CT molecular complexity index is 981. The van der Waals surface area contributed by atoms with Crippen LogP contribution < -0.4 is 14.4 Å². The molecule has 29 heavy (non-hydrogen) atoms. The molecule has 1 atom stereocenters. The van der Waals surface area contributed by atoms with Crippen molar-refractivity contribution < 1.29 is 17.9 Å². The second-order valence-corrected chi connectivity index (χ2v) is 10.3. The maximum Gasteiger partial charge on any atom is 0.250 e. The molecule has 1 aromatic carbocycles. The monoisotopic (exact) mass is 476 g/mol. The highest BCUT2D eigenvalue weighted by molar-refractivity contribution is 8.01. The lowest BCUT2D eigenvalue weighted by molar-refractivity contribution is -0.117. The summed E-state index contributed by atoms with van der Waals surface area (Å²) in [6.07, 6.45) is 3.01. The smallest absolute Gasteiger partial charge is 0.250 e. The Hall–Kier alpha value is -1.82. The minimum absolute atomic E-state index is 0.236. The molecule has 0 fully saturated rings. The van der Waals surface area contributed by atoms with Crippen molar-refractivity contribution in [3.05, 3.63) is 35.9 Å². The number of halogens is 1. The molecule has 0 aliphatic rings. The van der Waals surface area contributed by atoms with Crippen molar-refractivity contribution in [2.24, 2.45) is 0 Å². The minimum Gasteiger partial charge on any atom is -0.495 e. The summed E-state index contributed by atoms with van der Waals surface area (Å²) < 4.78 is 31.8. The van der Waals surface area contributed by atoms with E-state index in [9.17, 15) is 13.2 Å². The van der Waals surface area contributed by atoms with Crippen LogP contribution in [0.25, 0.3) is 0 Å². The molecule has 8 nitrogen and oxygen atoms in total. The average molecular weight is 477 g/mol. The van der Waals surface area contributed by atoms with Gasteiger partial charge in [-0.3, -0.25) is 14.4 Å². The zero-order valence-electron chi connectivity index (χ0n) is 16.1. The molecule has 0 aliphatic heterocycles. The van der Waals surface area contributed by atoms with Gasteiger partial charge in [-0.1, -0.05) is 47.7 Å². The lowest BCUT2D eigenvalue weighted by atomic mass is 10.2. The fraction of sp³-hybridized carbons (Fsp3) is 0.353. The number of hydrogen-bond donors (Lipinski definition) is 1. The third kappa shape index (κ3) is 6.08. The molecular formula is C17H21ClN4O4S3. The first-order valence-electron chi connectivity index (χ1n) is 8.42. The largest absolute Gasteiger partial charge is 0.495 e. The number of amides is 1. The molecule has 0 saturated carbocycles.